The van der Waals surface area contributed by atoms with Crippen LogP contribution in [0.15, 0.2) is 67.3 Å². The lowest BCUT2D eigenvalue weighted by atomic mass is 10.1. The van der Waals surface area contributed by atoms with E-state index in [0.29, 0.717) is 12.3 Å². The Morgan fingerprint density at radius 1 is 1.00 bits per heavy atom. The van der Waals surface area contributed by atoms with E-state index in [9.17, 15) is 4.79 Å². The summed E-state index contributed by atoms with van der Waals surface area (Å²) in [6, 6.07) is 14.0. The van der Waals surface area contributed by atoms with E-state index in [1.54, 1.807) is 12.4 Å². The van der Waals surface area contributed by atoms with E-state index in [2.05, 4.69) is 35.1 Å². The topological polar surface area (TPSA) is 55.3 Å². The largest absolute Gasteiger partial charge is 0.484 e. The summed E-state index contributed by atoms with van der Waals surface area (Å²) in [6.07, 6.45) is 9.33. The Labute approximate surface area is 178 Å². The lowest BCUT2D eigenvalue weighted by Crippen LogP contribution is -2.39. The van der Waals surface area contributed by atoms with Crippen LogP contribution in [0.1, 0.15) is 38.3 Å². The van der Waals surface area contributed by atoms with E-state index in [0.717, 1.165) is 29.5 Å². The first-order chi connectivity index (χ1) is 14.6. The van der Waals surface area contributed by atoms with Gasteiger partial charge in [-0.05, 0) is 55.7 Å². The second kappa shape index (κ2) is 10.5. The van der Waals surface area contributed by atoms with Crippen molar-refractivity contribution >= 4 is 5.91 Å². The van der Waals surface area contributed by atoms with Crippen molar-refractivity contribution in [2.24, 2.45) is 0 Å². The van der Waals surface area contributed by atoms with E-state index >= 15 is 0 Å². The highest BCUT2D eigenvalue weighted by Gasteiger charge is 2.18. The Balaban J connectivity index is 1.65. The number of carbonyl (C=O) groups is 1. The Morgan fingerprint density at radius 3 is 2.43 bits per heavy atom. The molecule has 0 saturated heterocycles. The molecule has 2 heterocycles. The van der Waals surface area contributed by atoms with Crippen molar-refractivity contribution < 1.29 is 9.53 Å². The summed E-state index contributed by atoms with van der Waals surface area (Å²) in [6.45, 7) is 6.68. The molecule has 3 aromatic rings. The molecule has 1 aromatic carbocycles. The van der Waals surface area contributed by atoms with Gasteiger partial charge in [0.2, 0.25) is 0 Å². The van der Waals surface area contributed by atoms with Gasteiger partial charge in [-0.3, -0.25) is 14.8 Å². The van der Waals surface area contributed by atoms with Crippen molar-refractivity contribution in [2.45, 2.75) is 46.2 Å². The number of carbonyl (C=O) groups excluding carboxylic acids is 1. The molecule has 0 aliphatic carbocycles. The average molecular weight is 404 g/mol. The van der Waals surface area contributed by atoms with Crippen LogP contribution in [0.5, 0.6) is 5.75 Å². The maximum atomic E-state index is 12.9. The number of hydrogen-bond acceptors (Lipinski definition) is 4. The average Bonchev–Trinajstić information content (AvgIpc) is 2.77. The number of amides is 1. The SMILES string of the molecule is CCCc1ccc(OCC(=O)N(Cc2cncc(-c3cccnc3)c2)C(C)C)cc1. The summed E-state index contributed by atoms with van der Waals surface area (Å²) in [5.74, 6) is 0.668. The van der Waals surface area contributed by atoms with Crippen LogP contribution in [0.25, 0.3) is 11.1 Å². The first-order valence-corrected chi connectivity index (χ1v) is 10.4. The third-order valence-corrected chi connectivity index (χ3v) is 4.91. The van der Waals surface area contributed by atoms with Gasteiger partial charge in [-0.15, -0.1) is 0 Å². The minimum atomic E-state index is -0.0468. The first kappa shape index (κ1) is 21.5. The zero-order valence-electron chi connectivity index (χ0n) is 17.9. The van der Waals surface area contributed by atoms with Crippen LogP contribution >= 0.6 is 0 Å². The van der Waals surface area contributed by atoms with Crippen molar-refractivity contribution in [3.8, 4) is 16.9 Å². The third-order valence-electron chi connectivity index (χ3n) is 4.91. The summed E-state index contributed by atoms with van der Waals surface area (Å²) < 4.78 is 5.75. The Morgan fingerprint density at radius 2 is 1.77 bits per heavy atom. The highest BCUT2D eigenvalue weighted by Crippen LogP contribution is 2.20. The molecule has 0 atom stereocenters. The molecule has 5 nitrogen and oxygen atoms in total. The van der Waals surface area contributed by atoms with Gasteiger partial charge in [0.15, 0.2) is 6.61 Å². The summed E-state index contributed by atoms with van der Waals surface area (Å²) >= 11 is 0. The zero-order valence-corrected chi connectivity index (χ0v) is 17.9. The van der Waals surface area contributed by atoms with Crippen molar-refractivity contribution in [3.63, 3.8) is 0 Å². The van der Waals surface area contributed by atoms with Crippen LogP contribution < -0.4 is 4.74 Å². The predicted molar refractivity (Wildman–Crippen MR) is 119 cm³/mol. The number of hydrogen-bond donors (Lipinski definition) is 0. The third kappa shape index (κ3) is 5.89. The monoisotopic (exact) mass is 403 g/mol. The number of pyridine rings is 2. The van der Waals surface area contributed by atoms with Crippen molar-refractivity contribution in [2.75, 3.05) is 6.61 Å². The first-order valence-electron chi connectivity index (χ1n) is 10.4. The van der Waals surface area contributed by atoms with Crippen molar-refractivity contribution in [1.82, 2.24) is 14.9 Å². The number of rotatable bonds is 9. The number of benzene rings is 1. The van der Waals surface area contributed by atoms with Crippen LogP contribution in [-0.2, 0) is 17.8 Å². The summed E-state index contributed by atoms with van der Waals surface area (Å²) in [4.78, 5) is 23.2. The normalized spacial score (nSPS) is 10.8. The molecule has 0 aliphatic rings. The van der Waals surface area contributed by atoms with Crippen molar-refractivity contribution in [3.05, 3.63) is 78.4 Å². The molecular formula is C25H29N3O2. The lowest BCUT2D eigenvalue weighted by Gasteiger charge is -2.27. The molecule has 0 spiro atoms. The fourth-order valence-corrected chi connectivity index (χ4v) is 3.29. The summed E-state index contributed by atoms with van der Waals surface area (Å²) in [7, 11) is 0. The fraction of sp³-hybridized carbons (Fsp3) is 0.320. The van der Waals surface area contributed by atoms with Crippen LogP contribution in [0.3, 0.4) is 0 Å². The highest BCUT2D eigenvalue weighted by molar-refractivity contribution is 5.78. The quantitative estimate of drug-likeness (QED) is 0.509. The van der Waals surface area contributed by atoms with Gasteiger partial charge in [0.25, 0.3) is 5.91 Å². The second-order valence-electron chi connectivity index (χ2n) is 7.62. The molecule has 1 amide bonds. The van der Waals surface area contributed by atoms with Gasteiger partial charge in [-0.25, -0.2) is 0 Å². The maximum absolute atomic E-state index is 12.9. The number of nitrogens with zero attached hydrogens (tertiary/aromatic N) is 3. The predicted octanol–water partition coefficient (Wildman–Crippen LogP) is 4.91. The van der Waals surface area contributed by atoms with E-state index < -0.39 is 0 Å². The number of aromatic nitrogens is 2. The Kier molecular flexibility index (Phi) is 7.55. The van der Waals surface area contributed by atoms with Gasteiger partial charge in [0.05, 0.1) is 0 Å². The molecule has 0 radical (unpaired) electrons. The van der Waals surface area contributed by atoms with Gasteiger partial charge in [-0.1, -0.05) is 31.5 Å². The van der Waals surface area contributed by atoms with Gasteiger partial charge in [0, 0.05) is 48.5 Å². The molecule has 0 fully saturated rings. The summed E-state index contributed by atoms with van der Waals surface area (Å²) in [5.41, 5.74) is 4.24. The van der Waals surface area contributed by atoms with E-state index in [-0.39, 0.29) is 18.6 Å². The van der Waals surface area contributed by atoms with Gasteiger partial charge < -0.3 is 9.64 Å². The molecule has 30 heavy (non-hydrogen) atoms. The number of aryl methyl sites for hydroxylation is 1. The van der Waals surface area contributed by atoms with E-state index in [4.69, 9.17) is 4.74 Å². The zero-order chi connectivity index (χ0) is 21.3. The van der Waals surface area contributed by atoms with Crippen LogP contribution in [0, 0.1) is 0 Å². The summed E-state index contributed by atoms with van der Waals surface area (Å²) in [5, 5.41) is 0. The minimum Gasteiger partial charge on any atom is -0.484 e. The molecule has 156 valence electrons. The fourth-order valence-electron chi connectivity index (χ4n) is 3.29. The maximum Gasteiger partial charge on any atom is 0.261 e. The van der Waals surface area contributed by atoms with Crippen LogP contribution in [-0.4, -0.2) is 33.4 Å². The minimum absolute atomic E-state index is 0.0149. The molecule has 0 aliphatic heterocycles. The smallest absolute Gasteiger partial charge is 0.261 e. The molecule has 2 aromatic heterocycles. The standard InChI is InChI=1S/C25H29N3O2/c1-4-6-20-8-10-24(11-9-20)30-18-25(29)28(19(2)3)17-21-13-23(16-27-14-21)22-7-5-12-26-15-22/h5,7-16,19H,4,6,17-18H2,1-3H3. The second-order valence-corrected chi connectivity index (χ2v) is 7.62. The molecular weight excluding hydrogens is 374 g/mol. The van der Waals surface area contributed by atoms with Gasteiger partial charge in [0.1, 0.15) is 5.75 Å². The molecule has 0 saturated carbocycles. The van der Waals surface area contributed by atoms with E-state index in [1.807, 2.05) is 55.4 Å². The van der Waals surface area contributed by atoms with E-state index in [1.165, 1.54) is 5.56 Å². The van der Waals surface area contributed by atoms with Gasteiger partial charge >= 0.3 is 0 Å². The number of ether oxygens (including phenoxy) is 1. The highest BCUT2D eigenvalue weighted by atomic mass is 16.5. The Bertz CT molecular complexity index is 940. The lowest BCUT2D eigenvalue weighted by molar-refractivity contribution is -0.135. The van der Waals surface area contributed by atoms with Crippen LogP contribution in [0.2, 0.25) is 0 Å². The molecule has 5 heteroatoms. The van der Waals surface area contributed by atoms with Crippen LogP contribution in [0.4, 0.5) is 0 Å². The molecule has 0 unspecified atom stereocenters. The Hall–Kier alpha value is -3.21. The molecule has 3 rings (SSSR count). The molecule has 0 N–H and O–H groups in total. The van der Waals surface area contributed by atoms with Gasteiger partial charge in [-0.2, -0.15) is 0 Å². The molecule has 0 bridgehead atoms. The van der Waals surface area contributed by atoms with Crippen molar-refractivity contribution in [1.29, 1.82) is 0 Å².